The number of ether oxygens (including phenoxy) is 1. The molecule has 4 nitrogen and oxygen atoms in total. The molecule has 0 amide bonds. The number of carbonyl (C=O) groups excluding carboxylic acids is 1. The second kappa shape index (κ2) is 5.88. The van der Waals surface area contributed by atoms with Gasteiger partial charge in [0.15, 0.2) is 0 Å². The van der Waals surface area contributed by atoms with Crippen LogP contribution in [0.15, 0.2) is 0 Å². The van der Waals surface area contributed by atoms with Crippen LogP contribution in [-0.4, -0.2) is 73.9 Å². The SMILES string of the molecule is C[C@@H](OC(=O)CCC[N+]12CC[N+](C)(CC1)CC2)C(C)(C)C. The summed E-state index contributed by atoms with van der Waals surface area (Å²) >= 11 is 0. The molecule has 3 saturated heterocycles. The summed E-state index contributed by atoms with van der Waals surface area (Å²) in [4.78, 5) is 12.0. The molecular formula is C17H34N2O2+2. The Balaban J connectivity index is 1.71. The number of nitrogens with zero attached hydrogens (tertiary/aromatic N) is 2. The molecule has 3 aliphatic rings. The fraction of sp³-hybridized carbons (Fsp3) is 0.941. The van der Waals surface area contributed by atoms with E-state index in [1.807, 2.05) is 6.92 Å². The van der Waals surface area contributed by atoms with Gasteiger partial charge in [-0.3, -0.25) is 4.79 Å². The molecule has 0 unspecified atom stereocenters. The van der Waals surface area contributed by atoms with Crippen molar-refractivity contribution >= 4 is 5.97 Å². The van der Waals surface area contributed by atoms with Gasteiger partial charge in [0.05, 0.1) is 20.0 Å². The largest absolute Gasteiger partial charge is 0.462 e. The first kappa shape index (κ1) is 16.8. The van der Waals surface area contributed by atoms with Crippen LogP contribution < -0.4 is 0 Å². The average molecular weight is 298 g/mol. The molecule has 0 saturated carbocycles. The predicted octanol–water partition coefficient (Wildman–Crippen LogP) is 2.04. The maximum Gasteiger partial charge on any atom is 0.306 e. The maximum absolute atomic E-state index is 12.0. The van der Waals surface area contributed by atoms with E-state index >= 15 is 0 Å². The van der Waals surface area contributed by atoms with Crippen LogP contribution in [0, 0.1) is 5.41 Å². The van der Waals surface area contributed by atoms with Gasteiger partial charge in [0.2, 0.25) is 0 Å². The number of hydrogen-bond donors (Lipinski definition) is 0. The summed E-state index contributed by atoms with van der Waals surface area (Å²) in [6.07, 6.45) is 1.53. The summed E-state index contributed by atoms with van der Waals surface area (Å²) in [6, 6.07) is 0. The van der Waals surface area contributed by atoms with Crippen LogP contribution in [0.2, 0.25) is 0 Å². The number of hydrogen-bond acceptors (Lipinski definition) is 2. The normalized spacial score (nSPS) is 33.8. The molecule has 122 valence electrons. The summed E-state index contributed by atoms with van der Waals surface area (Å²) in [6.45, 7) is 17.3. The highest BCUT2D eigenvalue weighted by atomic mass is 16.5. The van der Waals surface area contributed by atoms with Gasteiger partial charge in [0.25, 0.3) is 0 Å². The van der Waals surface area contributed by atoms with Gasteiger partial charge in [0, 0.05) is 6.42 Å². The highest BCUT2D eigenvalue weighted by molar-refractivity contribution is 5.69. The average Bonchev–Trinajstić information content (AvgIpc) is 2.39. The third-order valence-electron chi connectivity index (χ3n) is 5.88. The van der Waals surface area contributed by atoms with Crippen molar-refractivity contribution in [2.24, 2.45) is 5.41 Å². The van der Waals surface area contributed by atoms with Crippen LogP contribution in [-0.2, 0) is 9.53 Å². The first-order valence-electron chi connectivity index (χ1n) is 8.52. The topological polar surface area (TPSA) is 26.3 Å². The zero-order valence-corrected chi connectivity index (χ0v) is 14.7. The Morgan fingerprint density at radius 3 is 2.10 bits per heavy atom. The second-order valence-corrected chi connectivity index (χ2v) is 8.63. The summed E-state index contributed by atoms with van der Waals surface area (Å²) in [5.74, 6) is -0.0229. The predicted molar refractivity (Wildman–Crippen MR) is 84.8 cm³/mol. The Bertz CT molecular complexity index is 362. The molecule has 0 spiro atoms. The molecule has 21 heavy (non-hydrogen) atoms. The van der Waals surface area contributed by atoms with Gasteiger partial charge in [-0.05, 0) is 12.3 Å². The first-order chi connectivity index (χ1) is 9.64. The van der Waals surface area contributed by atoms with E-state index in [0.29, 0.717) is 6.42 Å². The van der Waals surface area contributed by atoms with Crippen LogP contribution in [0.25, 0.3) is 0 Å². The van der Waals surface area contributed by atoms with Crippen molar-refractivity contribution in [1.82, 2.24) is 0 Å². The smallest absolute Gasteiger partial charge is 0.306 e. The molecule has 3 aliphatic heterocycles. The van der Waals surface area contributed by atoms with Crippen LogP contribution in [0.3, 0.4) is 0 Å². The van der Waals surface area contributed by atoms with E-state index in [2.05, 4.69) is 27.8 Å². The zero-order chi connectivity index (χ0) is 15.7. The number of carbonyl (C=O) groups is 1. The zero-order valence-electron chi connectivity index (χ0n) is 14.7. The number of piperazine rings is 3. The van der Waals surface area contributed by atoms with Crippen molar-refractivity contribution < 1.29 is 18.5 Å². The molecule has 0 aliphatic carbocycles. The van der Waals surface area contributed by atoms with Gasteiger partial charge in [-0.15, -0.1) is 0 Å². The Kier molecular flexibility index (Phi) is 4.69. The Morgan fingerprint density at radius 2 is 1.62 bits per heavy atom. The quantitative estimate of drug-likeness (QED) is 0.573. The van der Waals surface area contributed by atoms with Crippen LogP contribution >= 0.6 is 0 Å². The molecule has 1 atom stereocenters. The van der Waals surface area contributed by atoms with E-state index in [0.717, 1.165) is 13.0 Å². The van der Waals surface area contributed by atoms with Crippen molar-refractivity contribution in [3.8, 4) is 0 Å². The molecule has 2 bridgehead atoms. The van der Waals surface area contributed by atoms with Gasteiger partial charge in [-0.1, -0.05) is 20.8 Å². The lowest BCUT2D eigenvalue weighted by atomic mass is 9.90. The van der Waals surface area contributed by atoms with E-state index in [-0.39, 0.29) is 17.5 Å². The summed E-state index contributed by atoms with van der Waals surface area (Å²) in [5, 5.41) is 0. The molecule has 0 aromatic carbocycles. The van der Waals surface area contributed by atoms with Crippen LogP contribution in [0.5, 0.6) is 0 Å². The van der Waals surface area contributed by atoms with Gasteiger partial charge in [-0.2, -0.15) is 0 Å². The van der Waals surface area contributed by atoms with Crippen molar-refractivity contribution in [3.63, 3.8) is 0 Å². The van der Waals surface area contributed by atoms with Crippen molar-refractivity contribution in [3.05, 3.63) is 0 Å². The number of fused-ring (bicyclic) bond motifs is 3. The van der Waals surface area contributed by atoms with Gasteiger partial charge >= 0.3 is 5.97 Å². The van der Waals surface area contributed by atoms with E-state index in [1.54, 1.807) is 0 Å². The molecule has 0 N–H and O–H groups in total. The molecule has 0 aromatic heterocycles. The van der Waals surface area contributed by atoms with Gasteiger partial charge in [-0.25, -0.2) is 0 Å². The van der Waals surface area contributed by atoms with E-state index in [9.17, 15) is 4.79 Å². The monoisotopic (exact) mass is 298 g/mol. The van der Waals surface area contributed by atoms with Crippen LogP contribution in [0.4, 0.5) is 0 Å². The van der Waals surface area contributed by atoms with Crippen molar-refractivity contribution in [2.75, 3.05) is 52.9 Å². The fourth-order valence-electron chi connectivity index (χ4n) is 3.36. The Hall–Kier alpha value is -0.610. The number of likely N-dealkylation sites (N-methyl/N-ethyl adjacent to an activating group) is 1. The minimum absolute atomic E-state index is 0.0139. The molecule has 3 fully saturated rings. The highest BCUT2D eigenvalue weighted by Crippen LogP contribution is 2.26. The molecular weight excluding hydrogens is 264 g/mol. The lowest BCUT2D eigenvalue weighted by molar-refractivity contribution is -1.07. The third-order valence-corrected chi connectivity index (χ3v) is 5.88. The minimum Gasteiger partial charge on any atom is -0.462 e. The number of rotatable bonds is 5. The van der Waals surface area contributed by atoms with Gasteiger partial charge in [0.1, 0.15) is 45.4 Å². The van der Waals surface area contributed by atoms with Crippen LogP contribution in [0.1, 0.15) is 40.5 Å². The molecule has 3 rings (SSSR count). The molecule has 4 heteroatoms. The van der Waals surface area contributed by atoms with E-state index < -0.39 is 0 Å². The standard InChI is InChI=1S/C17H34N2O2/c1-15(17(2,3)4)21-16(20)7-6-8-19-12-9-18(5,10-13-19)11-14-19/h15H,6-14H2,1-5H3/q+2/t15-,18?,19?/m1/s1. The lowest BCUT2D eigenvalue weighted by Crippen LogP contribution is -2.73. The Labute approximate surface area is 130 Å². The number of quaternary nitrogens is 2. The van der Waals surface area contributed by atoms with Gasteiger partial charge < -0.3 is 13.7 Å². The summed E-state index contributed by atoms with van der Waals surface area (Å²) < 4.78 is 8.06. The molecule has 3 heterocycles. The van der Waals surface area contributed by atoms with Crippen molar-refractivity contribution in [1.29, 1.82) is 0 Å². The highest BCUT2D eigenvalue weighted by Gasteiger charge is 2.46. The first-order valence-corrected chi connectivity index (χ1v) is 8.52. The number of esters is 1. The third kappa shape index (κ3) is 4.19. The summed E-state index contributed by atoms with van der Waals surface area (Å²) in [5.41, 5.74) is 0.0273. The molecule has 0 radical (unpaired) electrons. The molecule has 0 aromatic rings. The van der Waals surface area contributed by atoms with Crippen molar-refractivity contribution in [2.45, 2.75) is 46.6 Å². The minimum atomic E-state index is -0.0229. The Morgan fingerprint density at radius 1 is 1.10 bits per heavy atom. The van der Waals surface area contributed by atoms with E-state index in [4.69, 9.17) is 4.74 Å². The van der Waals surface area contributed by atoms with E-state index in [1.165, 1.54) is 48.2 Å². The summed E-state index contributed by atoms with van der Waals surface area (Å²) in [7, 11) is 2.39. The maximum atomic E-state index is 12.0. The lowest BCUT2D eigenvalue weighted by Gasteiger charge is -2.54. The second-order valence-electron chi connectivity index (χ2n) is 8.63. The fourth-order valence-corrected chi connectivity index (χ4v) is 3.36.